The minimum atomic E-state index is -0.412. The Bertz CT molecular complexity index is 444. The number of carbonyl (C=O) groups excluding carboxylic acids is 2. The molecule has 1 aliphatic rings. The van der Waals surface area contributed by atoms with E-state index in [0.717, 1.165) is 11.4 Å². The zero-order valence-electron chi connectivity index (χ0n) is 9.90. The van der Waals surface area contributed by atoms with Crippen LogP contribution in [0.4, 0.5) is 0 Å². The molecule has 17 heavy (non-hydrogen) atoms. The van der Waals surface area contributed by atoms with Crippen molar-refractivity contribution in [2.45, 2.75) is 32.9 Å². The van der Waals surface area contributed by atoms with Crippen LogP contribution in [0.3, 0.4) is 0 Å². The Morgan fingerprint density at radius 3 is 3.00 bits per heavy atom. The molecule has 1 atom stereocenters. The molecule has 1 aromatic heterocycles. The van der Waals surface area contributed by atoms with Crippen LogP contribution in [0.5, 0.6) is 0 Å². The Morgan fingerprint density at radius 2 is 2.35 bits per heavy atom. The number of thiazole rings is 1. The number of aromatic nitrogens is 1. The van der Waals surface area contributed by atoms with Gasteiger partial charge in [0.05, 0.1) is 13.1 Å². The SMILES string of the molecule is CCc1cnc(CN2C(=O)CNC(=O)C2C)s1. The number of rotatable bonds is 3. The van der Waals surface area contributed by atoms with Gasteiger partial charge in [0, 0.05) is 11.1 Å². The van der Waals surface area contributed by atoms with E-state index in [-0.39, 0.29) is 18.4 Å². The summed E-state index contributed by atoms with van der Waals surface area (Å²) >= 11 is 1.60. The molecule has 0 aliphatic carbocycles. The predicted molar refractivity (Wildman–Crippen MR) is 64.5 cm³/mol. The second-order valence-electron chi connectivity index (χ2n) is 3.99. The number of amides is 2. The van der Waals surface area contributed by atoms with Crippen LogP contribution >= 0.6 is 11.3 Å². The molecule has 2 heterocycles. The van der Waals surface area contributed by atoms with Crippen molar-refractivity contribution in [1.29, 1.82) is 0 Å². The Kier molecular flexibility index (Phi) is 3.42. The molecule has 1 aromatic rings. The lowest BCUT2D eigenvalue weighted by Gasteiger charge is -2.31. The van der Waals surface area contributed by atoms with E-state index in [1.54, 1.807) is 23.2 Å². The molecule has 0 spiro atoms. The molecule has 5 nitrogen and oxygen atoms in total. The number of nitrogens with one attached hydrogen (secondary N) is 1. The van der Waals surface area contributed by atoms with Crippen molar-refractivity contribution in [3.05, 3.63) is 16.1 Å². The van der Waals surface area contributed by atoms with Gasteiger partial charge in [-0.2, -0.15) is 0 Å². The predicted octanol–water partition coefficient (Wildman–Crippen LogP) is 0.552. The van der Waals surface area contributed by atoms with Crippen LogP contribution in [0.1, 0.15) is 23.7 Å². The van der Waals surface area contributed by atoms with Crippen molar-refractivity contribution in [2.75, 3.05) is 6.54 Å². The summed E-state index contributed by atoms with van der Waals surface area (Å²) < 4.78 is 0. The van der Waals surface area contributed by atoms with Gasteiger partial charge in [-0.15, -0.1) is 11.3 Å². The Morgan fingerprint density at radius 1 is 1.59 bits per heavy atom. The zero-order chi connectivity index (χ0) is 12.4. The second-order valence-corrected chi connectivity index (χ2v) is 5.19. The first-order chi connectivity index (χ1) is 8.11. The van der Waals surface area contributed by atoms with Gasteiger partial charge >= 0.3 is 0 Å². The molecule has 1 unspecified atom stereocenters. The van der Waals surface area contributed by atoms with Gasteiger partial charge < -0.3 is 10.2 Å². The Hall–Kier alpha value is -1.43. The summed E-state index contributed by atoms with van der Waals surface area (Å²) in [4.78, 5) is 30.2. The molecular weight excluding hydrogens is 238 g/mol. The van der Waals surface area contributed by atoms with E-state index in [9.17, 15) is 9.59 Å². The monoisotopic (exact) mass is 253 g/mol. The number of hydrogen-bond donors (Lipinski definition) is 1. The van der Waals surface area contributed by atoms with Crippen molar-refractivity contribution >= 4 is 23.2 Å². The van der Waals surface area contributed by atoms with Crippen LogP contribution in [0.15, 0.2) is 6.20 Å². The molecule has 2 rings (SSSR count). The molecular formula is C11H15N3O2S. The van der Waals surface area contributed by atoms with Gasteiger partial charge in [0.1, 0.15) is 11.0 Å². The van der Waals surface area contributed by atoms with Crippen LogP contribution in [0, 0.1) is 0 Å². The van der Waals surface area contributed by atoms with E-state index in [1.807, 2.05) is 6.20 Å². The first kappa shape index (κ1) is 12.0. The number of nitrogens with zero attached hydrogens (tertiary/aromatic N) is 2. The molecule has 0 radical (unpaired) electrons. The van der Waals surface area contributed by atoms with E-state index >= 15 is 0 Å². The summed E-state index contributed by atoms with van der Waals surface area (Å²) in [5.74, 6) is -0.151. The first-order valence-electron chi connectivity index (χ1n) is 5.62. The first-order valence-corrected chi connectivity index (χ1v) is 6.44. The quantitative estimate of drug-likeness (QED) is 0.856. The molecule has 6 heteroatoms. The van der Waals surface area contributed by atoms with Crippen molar-refractivity contribution < 1.29 is 9.59 Å². The lowest BCUT2D eigenvalue weighted by Crippen LogP contribution is -2.56. The van der Waals surface area contributed by atoms with Crippen molar-refractivity contribution in [2.24, 2.45) is 0 Å². The molecule has 0 bridgehead atoms. The van der Waals surface area contributed by atoms with Gasteiger partial charge in [-0.1, -0.05) is 6.92 Å². The third-order valence-electron chi connectivity index (χ3n) is 2.84. The fourth-order valence-corrected chi connectivity index (χ4v) is 2.59. The highest BCUT2D eigenvalue weighted by atomic mass is 32.1. The molecule has 92 valence electrons. The smallest absolute Gasteiger partial charge is 0.243 e. The fraction of sp³-hybridized carbons (Fsp3) is 0.545. The third kappa shape index (κ3) is 2.46. The second kappa shape index (κ2) is 4.83. The molecule has 1 N–H and O–H groups in total. The fourth-order valence-electron chi connectivity index (χ4n) is 1.72. The van der Waals surface area contributed by atoms with Gasteiger partial charge in [0.2, 0.25) is 11.8 Å². The summed E-state index contributed by atoms with van der Waals surface area (Å²) in [6, 6.07) is -0.412. The van der Waals surface area contributed by atoms with E-state index in [0.29, 0.717) is 6.54 Å². The van der Waals surface area contributed by atoms with Gasteiger partial charge in [0.15, 0.2) is 0 Å². The van der Waals surface area contributed by atoms with Crippen molar-refractivity contribution in [3.8, 4) is 0 Å². The summed E-state index contributed by atoms with van der Waals surface area (Å²) in [5.41, 5.74) is 0. The van der Waals surface area contributed by atoms with Crippen molar-refractivity contribution in [3.63, 3.8) is 0 Å². The standard InChI is InChI=1S/C11H15N3O2S/c1-3-8-4-12-9(17-8)6-14-7(2)11(16)13-5-10(14)15/h4,7H,3,5-6H2,1-2H3,(H,13,16). The van der Waals surface area contributed by atoms with Crippen LogP contribution in [-0.4, -0.2) is 34.3 Å². The third-order valence-corrected chi connectivity index (χ3v) is 3.96. The average Bonchev–Trinajstić information content (AvgIpc) is 2.77. The van der Waals surface area contributed by atoms with Gasteiger partial charge in [-0.05, 0) is 13.3 Å². The summed E-state index contributed by atoms with van der Waals surface area (Å²) in [7, 11) is 0. The highest BCUT2D eigenvalue weighted by Crippen LogP contribution is 2.17. The van der Waals surface area contributed by atoms with Crippen LogP contribution < -0.4 is 5.32 Å². The number of hydrogen-bond acceptors (Lipinski definition) is 4. The van der Waals surface area contributed by atoms with Crippen molar-refractivity contribution in [1.82, 2.24) is 15.2 Å². The molecule has 1 aliphatic heterocycles. The molecule has 2 amide bonds. The topological polar surface area (TPSA) is 62.3 Å². The van der Waals surface area contributed by atoms with E-state index in [4.69, 9.17) is 0 Å². The van der Waals surface area contributed by atoms with Crippen LogP contribution in [0.25, 0.3) is 0 Å². The summed E-state index contributed by atoms with van der Waals surface area (Å²) in [6.45, 7) is 4.33. The van der Waals surface area contributed by atoms with Gasteiger partial charge in [-0.25, -0.2) is 4.98 Å². The normalized spacial score (nSPS) is 20.6. The average molecular weight is 253 g/mol. The largest absolute Gasteiger partial charge is 0.345 e. The number of carbonyl (C=O) groups is 2. The van der Waals surface area contributed by atoms with Gasteiger partial charge in [0.25, 0.3) is 0 Å². The minimum absolute atomic E-state index is 0.0506. The van der Waals surface area contributed by atoms with E-state index in [2.05, 4.69) is 17.2 Å². The van der Waals surface area contributed by atoms with Gasteiger partial charge in [-0.3, -0.25) is 9.59 Å². The van der Waals surface area contributed by atoms with E-state index < -0.39 is 6.04 Å². The highest BCUT2D eigenvalue weighted by molar-refractivity contribution is 7.11. The maximum atomic E-state index is 11.7. The lowest BCUT2D eigenvalue weighted by molar-refractivity contribution is -0.145. The molecule has 0 saturated carbocycles. The lowest BCUT2D eigenvalue weighted by atomic mass is 10.2. The van der Waals surface area contributed by atoms with Crippen LogP contribution in [0.2, 0.25) is 0 Å². The Balaban J connectivity index is 2.10. The zero-order valence-corrected chi connectivity index (χ0v) is 10.7. The van der Waals surface area contributed by atoms with Crippen LogP contribution in [-0.2, 0) is 22.6 Å². The molecule has 1 fully saturated rings. The number of piperazine rings is 1. The number of aryl methyl sites for hydroxylation is 1. The highest BCUT2D eigenvalue weighted by Gasteiger charge is 2.31. The summed E-state index contributed by atoms with van der Waals surface area (Å²) in [5, 5.41) is 3.45. The Labute approximate surface area is 104 Å². The maximum Gasteiger partial charge on any atom is 0.243 e. The molecule has 1 saturated heterocycles. The minimum Gasteiger partial charge on any atom is -0.345 e. The molecule has 0 aromatic carbocycles. The van der Waals surface area contributed by atoms with E-state index in [1.165, 1.54) is 4.88 Å². The summed E-state index contributed by atoms with van der Waals surface area (Å²) in [6.07, 6.45) is 2.78. The maximum absolute atomic E-state index is 11.7.